The van der Waals surface area contributed by atoms with Crippen molar-refractivity contribution in [1.29, 1.82) is 0 Å². The average Bonchev–Trinajstić information content (AvgIpc) is 2.14. The molecule has 2 N–H and O–H groups in total. The first-order chi connectivity index (χ1) is 7.99. The molecule has 0 aliphatic rings. The molecule has 102 valence electrons. The van der Waals surface area contributed by atoms with Gasteiger partial charge in [-0.2, -0.15) is 13.2 Å². The molecule has 18 heavy (non-hydrogen) atoms. The molecule has 0 bridgehead atoms. The van der Waals surface area contributed by atoms with Crippen molar-refractivity contribution in [1.82, 2.24) is 0 Å². The number of anilines is 1. The number of halogens is 7. The van der Waals surface area contributed by atoms with Gasteiger partial charge in [-0.3, -0.25) is 0 Å². The van der Waals surface area contributed by atoms with Crippen LogP contribution in [0.15, 0.2) is 21.5 Å². The summed E-state index contributed by atoms with van der Waals surface area (Å²) in [4.78, 5) is -0.476. The zero-order valence-electron chi connectivity index (χ0n) is 8.19. The van der Waals surface area contributed by atoms with E-state index < -0.39 is 44.4 Å². The van der Waals surface area contributed by atoms with E-state index in [1.807, 2.05) is 0 Å². The molecule has 0 radical (unpaired) electrons. The molecule has 1 aromatic carbocycles. The lowest BCUT2D eigenvalue weighted by atomic mass is 10.3. The molecule has 0 unspecified atom stereocenters. The molecule has 2 nitrogen and oxygen atoms in total. The van der Waals surface area contributed by atoms with Crippen molar-refractivity contribution in [2.75, 3.05) is 5.73 Å². The Labute approximate surface area is 110 Å². The predicted molar refractivity (Wildman–Crippen MR) is 57.1 cm³/mol. The first-order valence-electron chi connectivity index (χ1n) is 4.09. The molecule has 0 atom stereocenters. The van der Waals surface area contributed by atoms with Crippen LogP contribution in [0.2, 0.25) is 0 Å². The average molecular weight is 356 g/mol. The Balaban J connectivity index is 3.15. The van der Waals surface area contributed by atoms with Gasteiger partial charge in [0.15, 0.2) is 5.75 Å². The van der Waals surface area contributed by atoms with Gasteiger partial charge >= 0.3 is 11.9 Å². The topological polar surface area (TPSA) is 35.2 Å². The van der Waals surface area contributed by atoms with Crippen LogP contribution in [-0.4, -0.2) is 11.9 Å². The number of nitrogens with two attached hydrogens (primary N) is 1. The minimum absolute atomic E-state index is 0.425. The molecule has 0 heterocycles. The predicted octanol–water partition coefficient (Wildman–Crippen LogP) is 4.54. The largest absolute Gasteiger partial charge is 0.573 e. The lowest BCUT2D eigenvalue weighted by Gasteiger charge is -2.15. The lowest BCUT2D eigenvalue weighted by molar-refractivity contribution is -0.274. The first-order valence-corrected chi connectivity index (χ1v) is 5.70. The molecule has 10 heteroatoms. The number of alkyl halides is 6. The minimum Gasteiger partial charge on any atom is -0.402 e. The molecule has 0 saturated carbocycles. The van der Waals surface area contributed by atoms with Crippen LogP contribution in [0.5, 0.6) is 5.75 Å². The number of benzene rings is 1. The van der Waals surface area contributed by atoms with E-state index in [1.54, 1.807) is 0 Å². The van der Waals surface area contributed by atoms with Crippen LogP contribution >= 0.6 is 27.7 Å². The minimum atomic E-state index is -5.04. The quantitative estimate of drug-likeness (QED) is 0.480. The summed E-state index contributed by atoms with van der Waals surface area (Å²) in [5.74, 6) is -0.892. The number of rotatable bonds is 2. The van der Waals surface area contributed by atoms with E-state index in [4.69, 9.17) is 5.73 Å². The van der Waals surface area contributed by atoms with E-state index in [-0.39, 0.29) is 0 Å². The fraction of sp³-hybridized carbons (Fsp3) is 0.250. The number of ether oxygens (including phenoxy) is 1. The van der Waals surface area contributed by atoms with Crippen LogP contribution in [0.4, 0.5) is 32.0 Å². The first kappa shape index (κ1) is 15.3. The van der Waals surface area contributed by atoms with E-state index in [0.717, 1.165) is 12.1 Å². The number of thioether (sulfide) groups is 1. The molecule has 0 aliphatic carbocycles. The lowest BCUT2D eigenvalue weighted by Crippen LogP contribution is -2.18. The van der Waals surface area contributed by atoms with Crippen LogP contribution in [0.25, 0.3) is 0 Å². The Bertz CT molecular complexity index is 446. The Morgan fingerprint density at radius 2 is 1.67 bits per heavy atom. The maximum absolute atomic E-state index is 12.1. The maximum Gasteiger partial charge on any atom is 0.573 e. The molecular formula is C8H4BrF6NOS. The van der Waals surface area contributed by atoms with Crippen molar-refractivity contribution in [3.63, 3.8) is 0 Å². The third-order valence-corrected chi connectivity index (χ3v) is 3.38. The molecular weight excluding hydrogens is 352 g/mol. The second kappa shape index (κ2) is 5.08. The maximum atomic E-state index is 12.1. The summed E-state index contributed by atoms with van der Waals surface area (Å²) in [6.07, 6.45) is -5.04. The highest BCUT2D eigenvalue weighted by molar-refractivity contribution is 9.10. The summed E-state index contributed by atoms with van der Waals surface area (Å²) in [5, 5.41) is 0. The van der Waals surface area contributed by atoms with Crippen molar-refractivity contribution in [2.45, 2.75) is 16.8 Å². The Morgan fingerprint density at radius 3 is 2.11 bits per heavy atom. The fourth-order valence-electron chi connectivity index (χ4n) is 0.976. The fourth-order valence-corrected chi connectivity index (χ4v) is 2.23. The van der Waals surface area contributed by atoms with Crippen molar-refractivity contribution >= 4 is 33.4 Å². The van der Waals surface area contributed by atoms with E-state index in [0.29, 0.717) is 0 Å². The number of hydrogen-bond donors (Lipinski definition) is 1. The van der Waals surface area contributed by atoms with Gasteiger partial charge in [0, 0.05) is 4.90 Å². The smallest absolute Gasteiger partial charge is 0.402 e. The van der Waals surface area contributed by atoms with Gasteiger partial charge in [0.25, 0.3) is 0 Å². The Hall–Kier alpha value is -0.770. The second-order valence-electron chi connectivity index (χ2n) is 2.89. The third-order valence-electron chi connectivity index (χ3n) is 1.54. The molecule has 1 rings (SSSR count). The molecule has 1 aromatic rings. The summed E-state index contributed by atoms with van der Waals surface area (Å²) in [5.41, 5.74) is 0.160. The van der Waals surface area contributed by atoms with Crippen LogP contribution in [0.3, 0.4) is 0 Å². The Kier molecular flexibility index (Phi) is 4.31. The highest BCUT2D eigenvalue weighted by Gasteiger charge is 2.35. The standard InChI is InChI=1S/C8H4BrF6NOS/c9-5-4(18-8(13,14)15)2-1-3(16)6(5)17-7(10,11)12/h1-2H,16H2. The molecule has 0 aromatic heterocycles. The van der Waals surface area contributed by atoms with Crippen LogP contribution in [0, 0.1) is 0 Å². The molecule has 0 saturated heterocycles. The number of nitrogen functional groups attached to an aromatic ring is 1. The summed E-state index contributed by atoms with van der Waals surface area (Å²) < 4.78 is 75.6. The van der Waals surface area contributed by atoms with Gasteiger partial charge < -0.3 is 10.5 Å². The van der Waals surface area contributed by atoms with E-state index >= 15 is 0 Å². The highest BCUT2D eigenvalue weighted by atomic mass is 79.9. The number of hydrogen-bond acceptors (Lipinski definition) is 3. The van der Waals surface area contributed by atoms with Crippen molar-refractivity contribution in [3.05, 3.63) is 16.6 Å². The van der Waals surface area contributed by atoms with Crippen LogP contribution in [-0.2, 0) is 0 Å². The molecule has 0 aliphatic heterocycles. The van der Waals surface area contributed by atoms with Crippen LogP contribution < -0.4 is 10.5 Å². The molecule has 0 fully saturated rings. The van der Waals surface area contributed by atoms with Crippen molar-refractivity contribution in [3.8, 4) is 5.75 Å². The summed E-state index contributed by atoms with van der Waals surface area (Å²) in [7, 11) is 0. The normalized spacial score (nSPS) is 12.6. The van der Waals surface area contributed by atoms with Gasteiger partial charge in [-0.15, -0.1) is 13.2 Å². The van der Waals surface area contributed by atoms with E-state index in [9.17, 15) is 26.3 Å². The SMILES string of the molecule is Nc1ccc(SC(F)(F)F)c(Br)c1OC(F)(F)F. The monoisotopic (exact) mass is 355 g/mol. The summed E-state index contributed by atoms with van der Waals surface area (Å²) >= 11 is 2.04. The summed E-state index contributed by atoms with van der Waals surface area (Å²) in [6.45, 7) is 0. The zero-order valence-corrected chi connectivity index (χ0v) is 10.6. The molecule has 0 amide bonds. The van der Waals surface area contributed by atoms with Gasteiger partial charge in [0.1, 0.15) is 0 Å². The zero-order chi connectivity index (χ0) is 14.1. The Morgan fingerprint density at radius 1 is 1.11 bits per heavy atom. The molecule has 0 spiro atoms. The summed E-state index contributed by atoms with van der Waals surface area (Å²) in [6, 6.07) is 1.85. The van der Waals surface area contributed by atoms with Gasteiger partial charge in [0.2, 0.25) is 0 Å². The van der Waals surface area contributed by atoms with Gasteiger partial charge in [-0.25, -0.2) is 0 Å². The van der Waals surface area contributed by atoms with Gasteiger partial charge in [-0.1, -0.05) is 0 Å². The van der Waals surface area contributed by atoms with Crippen LogP contribution in [0.1, 0.15) is 0 Å². The van der Waals surface area contributed by atoms with Gasteiger partial charge in [-0.05, 0) is 39.8 Å². The van der Waals surface area contributed by atoms with Crippen molar-refractivity contribution < 1.29 is 31.1 Å². The van der Waals surface area contributed by atoms with Gasteiger partial charge in [0.05, 0.1) is 10.2 Å². The van der Waals surface area contributed by atoms with E-state index in [1.165, 1.54) is 0 Å². The van der Waals surface area contributed by atoms with Crippen molar-refractivity contribution in [2.24, 2.45) is 0 Å². The highest BCUT2D eigenvalue weighted by Crippen LogP contribution is 2.46. The third kappa shape index (κ3) is 4.48. The van der Waals surface area contributed by atoms with E-state index in [2.05, 4.69) is 20.7 Å². The second-order valence-corrected chi connectivity index (χ2v) is 4.79.